The zero-order valence-electron chi connectivity index (χ0n) is 25.7. The average Bonchev–Trinajstić information content (AvgIpc) is 3.65. The van der Waals surface area contributed by atoms with Gasteiger partial charge in [-0.3, -0.25) is 4.90 Å². The molecule has 1 fully saturated rings. The average molecular weight is 666 g/mol. The maximum atomic E-state index is 14.0. The van der Waals surface area contributed by atoms with Crippen molar-refractivity contribution < 1.29 is 39.5 Å². The molecule has 1 aliphatic heterocycles. The lowest BCUT2D eigenvalue weighted by atomic mass is 9.89. The van der Waals surface area contributed by atoms with Crippen molar-refractivity contribution in [2.24, 2.45) is 13.0 Å². The molecule has 46 heavy (non-hydrogen) atoms. The molecule has 0 amide bonds. The van der Waals surface area contributed by atoms with E-state index in [1.807, 2.05) is 20.9 Å². The van der Waals surface area contributed by atoms with Crippen LogP contribution in [0.1, 0.15) is 72.5 Å². The first kappa shape index (κ1) is 35.5. The van der Waals surface area contributed by atoms with Crippen molar-refractivity contribution in [3.05, 3.63) is 69.8 Å². The first-order valence-corrected chi connectivity index (χ1v) is 14.8. The molecule has 0 aliphatic carbocycles. The largest absolute Gasteiger partial charge is 0.416 e. The molecule has 0 radical (unpaired) electrons. The maximum Gasteiger partial charge on any atom is 0.416 e. The van der Waals surface area contributed by atoms with Gasteiger partial charge < -0.3 is 10.2 Å². The van der Waals surface area contributed by atoms with Gasteiger partial charge in [-0.05, 0) is 97.6 Å². The van der Waals surface area contributed by atoms with E-state index in [-0.39, 0.29) is 41.8 Å². The Kier molecular flexibility index (Phi) is 10.6. The number of rotatable bonds is 11. The van der Waals surface area contributed by atoms with Crippen molar-refractivity contribution in [1.82, 2.24) is 30.4 Å². The van der Waals surface area contributed by atoms with Gasteiger partial charge in [0.05, 0.1) is 23.7 Å². The van der Waals surface area contributed by atoms with Crippen LogP contribution in [0.2, 0.25) is 0 Å². The molecule has 7 nitrogen and oxygen atoms in total. The Morgan fingerprint density at radius 3 is 1.98 bits per heavy atom. The molecule has 2 heterocycles. The fraction of sp³-hybridized carbons (Fsp3) is 0.567. The van der Waals surface area contributed by atoms with Gasteiger partial charge in [0.1, 0.15) is 0 Å². The molecule has 3 atom stereocenters. The number of anilines is 1. The fourth-order valence-electron chi connectivity index (χ4n) is 6.30. The standard InChI is InChI=1S/C30H36F9N7/c1-5-25(19-9-10-40-15-19)44(3)26(6-2)24-8-7-21(28(31,32)33)13-20(24)17-46(27-41-43-45(4)42-27)16-18-11-22(29(34,35)36)14-23(12-18)30(37,38)39/h7-8,11-14,19,25-26,40H,5-6,9-10,15-17H2,1-4H3. The maximum absolute atomic E-state index is 14.0. The number of aryl methyl sites for hydroxylation is 1. The van der Waals surface area contributed by atoms with Crippen LogP contribution >= 0.6 is 0 Å². The van der Waals surface area contributed by atoms with Crippen LogP contribution in [0, 0.1) is 5.92 Å². The van der Waals surface area contributed by atoms with Crippen molar-refractivity contribution in [3.63, 3.8) is 0 Å². The minimum atomic E-state index is -5.08. The third-order valence-corrected chi connectivity index (χ3v) is 8.45. The van der Waals surface area contributed by atoms with Crippen LogP contribution in [0.5, 0.6) is 0 Å². The third kappa shape index (κ3) is 8.30. The Balaban J connectivity index is 1.81. The van der Waals surface area contributed by atoms with Gasteiger partial charge in [-0.1, -0.05) is 25.0 Å². The molecule has 1 aromatic heterocycles. The summed E-state index contributed by atoms with van der Waals surface area (Å²) in [7, 11) is 3.33. The number of nitrogens with one attached hydrogen (secondary N) is 1. The number of aromatic nitrogens is 4. The van der Waals surface area contributed by atoms with Crippen LogP contribution < -0.4 is 10.2 Å². The van der Waals surface area contributed by atoms with Crippen LogP contribution in [0.4, 0.5) is 45.5 Å². The number of halogens is 9. The smallest absolute Gasteiger partial charge is 0.330 e. The second-order valence-electron chi connectivity index (χ2n) is 11.6. The highest BCUT2D eigenvalue weighted by molar-refractivity contribution is 5.42. The van der Waals surface area contributed by atoms with Gasteiger partial charge in [-0.15, -0.1) is 5.10 Å². The summed E-state index contributed by atoms with van der Waals surface area (Å²) < 4.78 is 124. The predicted molar refractivity (Wildman–Crippen MR) is 152 cm³/mol. The van der Waals surface area contributed by atoms with Gasteiger partial charge in [0.25, 0.3) is 5.95 Å². The summed E-state index contributed by atoms with van der Waals surface area (Å²) in [6, 6.07) is 4.30. The highest BCUT2D eigenvalue weighted by atomic mass is 19.4. The molecule has 1 N–H and O–H groups in total. The fourth-order valence-corrected chi connectivity index (χ4v) is 6.30. The van der Waals surface area contributed by atoms with Crippen LogP contribution in [0.15, 0.2) is 36.4 Å². The summed E-state index contributed by atoms with van der Waals surface area (Å²) >= 11 is 0. The number of tetrazole rings is 1. The van der Waals surface area contributed by atoms with Gasteiger partial charge in [-0.25, -0.2) is 0 Å². The van der Waals surface area contributed by atoms with E-state index in [9.17, 15) is 39.5 Å². The van der Waals surface area contributed by atoms with Gasteiger partial charge >= 0.3 is 18.5 Å². The molecular formula is C30H36F9N7. The summed E-state index contributed by atoms with van der Waals surface area (Å²) in [4.78, 5) is 4.41. The molecule has 254 valence electrons. The minimum absolute atomic E-state index is 0.0189. The van der Waals surface area contributed by atoms with E-state index in [2.05, 4.69) is 25.6 Å². The lowest BCUT2D eigenvalue weighted by Crippen LogP contribution is -2.41. The SMILES string of the molecule is CCC(c1ccc(C(F)(F)F)cc1CN(Cc1cc(C(F)(F)F)cc(C(F)(F)F)c1)c1nnn(C)n1)N(C)C(CC)C1CCNC1. The molecule has 4 rings (SSSR count). The van der Waals surface area contributed by atoms with Crippen molar-refractivity contribution >= 4 is 5.95 Å². The van der Waals surface area contributed by atoms with Crippen LogP contribution in [0.25, 0.3) is 0 Å². The van der Waals surface area contributed by atoms with Gasteiger partial charge in [0, 0.05) is 25.2 Å². The van der Waals surface area contributed by atoms with Crippen LogP contribution in [0.3, 0.4) is 0 Å². The second-order valence-corrected chi connectivity index (χ2v) is 11.6. The van der Waals surface area contributed by atoms with E-state index >= 15 is 0 Å². The quantitative estimate of drug-likeness (QED) is 0.218. The van der Waals surface area contributed by atoms with Crippen LogP contribution in [-0.4, -0.2) is 51.3 Å². The molecular weight excluding hydrogens is 629 g/mol. The van der Waals surface area contributed by atoms with Crippen molar-refractivity contribution in [1.29, 1.82) is 0 Å². The molecule has 0 spiro atoms. The number of hydrogen-bond donors (Lipinski definition) is 1. The van der Waals surface area contributed by atoms with E-state index in [0.29, 0.717) is 30.0 Å². The van der Waals surface area contributed by atoms with E-state index in [1.54, 1.807) is 0 Å². The van der Waals surface area contributed by atoms with E-state index in [0.717, 1.165) is 42.9 Å². The molecule has 16 heteroatoms. The van der Waals surface area contributed by atoms with Gasteiger partial charge in [-0.2, -0.15) is 44.3 Å². The van der Waals surface area contributed by atoms with Crippen molar-refractivity contribution in [2.45, 2.75) is 76.8 Å². The summed E-state index contributed by atoms with van der Waals surface area (Å²) in [6.07, 6.45) is -12.6. The van der Waals surface area contributed by atoms with E-state index in [4.69, 9.17) is 0 Å². The normalized spacial score (nSPS) is 17.5. The monoisotopic (exact) mass is 665 g/mol. The lowest BCUT2D eigenvalue weighted by molar-refractivity contribution is -0.143. The van der Waals surface area contributed by atoms with E-state index < -0.39 is 41.8 Å². The summed E-state index contributed by atoms with van der Waals surface area (Å²) in [5.41, 5.74) is -3.61. The number of hydrogen-bond acceptors (Lipinski definition) is 6. The third-order valence-electron chi connectivity index (χ3n) is 8.45. The lowest BCUT2D eigenvalue weighted by Gasteiger charge is -2.39. The Labute approximate surface area is 260 Å². The number of alkyl halides is 9. The first-order valence-electron chi connectivity index (χ1n) is 14.8. The number of nitrogens with zero attached hydrogens (tertiary/aromatic N) is 6. The first-order chi connectivity index (χ1) is 21.4. The van der Waals surface area contributed by atoms with Crippen molar-refractivity contribution in [3.8, 4) is 0 Å². The number of benzene rings is 2. The Morgan fingerprint density at radius 2 is 1.50 bits per heavy atom. The molecule has 3 unspecified atom stereocenters. The summed E-state index contributed by atoms with van der Waals surface area (Å²) in [6.45, 7) is 4.70. The van der Waals surface area contributed by atoms with Crippen LogP contribution in [-0.2, 0) is 38.7 Å². The van der Waals surface area contributed by atoms with Gasteiger partial charge in [0.15, 0.2) is 0 Å². The Bertz CT molecular complexity index is 1430. The van der Waals surface area contributed by atoms with Crippen molar-refractivity contribution in [2.75, 3.05) is 25.0 Å². The topological polar surface area (TPSA) is 62.1 Å². The Morgan fingerprint density at radius 1 is 0.870 bits per heavy atom. The zero-order chi connectivity index (χ0) is 34.0. The summed E-state index contributed by atoms with van der Waals surface area (Å²) in [5.74, 6) is 0.146. The second kappa shape index (κ2) is 13.8. The Hall–Kier alpha value is -3.40. The van der Waals surface area contributed by atoms with E-state index in [1.165, 1.54) is 18.0 Å². The molecule has 0 bridgehead atoms. The zero-order valence-corrected chi connectivity index (χ0v) is 25.7. The summed E-state index contributed by atoms with van der Waals surface area (Å²) in [5, 5.41) is 15.0. The molecule has 3 aromatic rings. The molecule has 1 aliphatic rings. The molecule has 1 saturated heterocycles. The minimum Gasteiger partial charge on any atom is -0.330 e. The highest BCUT2D eigenvalue weighted by Gasteiger charge is 2.38. The molecule has 2 aromatic carbocycles. The molecule has 0 saturated carbocycles. The highest BCUT2D eigenvalue weighted by Crippen LogP contribution is 2.39. The predicted octanol–water partition coefficient (Wildman–Crippen LogP) is 7.24. The van der Waals surface area contributed by atoms with Gasteiger partial charge in [0.2, 0.25) is 0 Å².